The van der Waals surface area contributed by atoms with Crippen LogP contribution in [0.5, 0.6) is 5.75 Å². The molecule has 4 aromatic rings. The number of ether oxygens (including phenoxy) is 1. The maximum atomic E-state index is 12.5. The molecule has 36 heavy (non-hydrogen) atoms. The quantitative estimate of drug-likeness (QED) is 0.417. The van der Waals surface area contributed by atoms with Crippen molar-refractivity contribution in [2.75, 3.05) is 37.7 Å². The Kier molecular flexibility index (Phi) is 6.46. The summed E-state index contributed by atoms with van der Waals surface area (Å²) in [5.74, 6) is 6.81. The standard InChI is InChI=1S/C27H23N7O2/c1-2-36-23-15-24(27-21(16-28)18-31-34(27)19-23)20-6-8-25(30-17-20)32-11-13-33(14-12-32)26(35)9-7-22-5-3-4-10-29-22/h3-6,8,10,15,17-19H,2,11-14H2,1H3. The van der Waals surface area contributed by atoms with Gasteiger partial charge in [-0.2, -0.15) is 10.4 Å². The zero-order valence-electron chi connectivity index (χ0n) is 19.8. The van der Waals surface area contributed by atoms with E-state index in [4.69, 9.17) is 4.74 Å². The van der Waals surface area contributed by atoms with Crippen LogP contribution in [0.25, 0.3) is 16.6 Å². The first-order valence-electron chi connectivity index (χ1n) is 11.6. The number of amides is 1. The van der Waals surface area contributed by atoms with Crippen LogP contribution in [0.4, 0.5) is 5.82 Å². The van der Waals surface area contributed by atoms with Gasteiger partial charge in [0.2, 0.25) is 0 Å². The molecule has 0 aromatic carbocycles. The van der Waals surface area contributed by atoms with Gasteiger partial charge in [-0.1, -0.05) is 6.07 Å². The smallest absolute Gasteiger partial charge is 0.299 e. The molecule has 0 atom stereocenters. The van der Waals surface area contributed by atoms with Crippen LogP contribution in [0, 0.1) is 23.2 Å². The van der Waals surface area contributed by atoms with E-state index >= 15 is 0 Å². The molecule has 0 spiro atoms. The van der Waals surface area contributed by atoms with E-state index in [0.717, 1.165) is 22.5 Å². The van der Waals surface area contributed by atoms with Crippen LogP contribution in [-0.4, -0.2) is 63.2 Å². The molecule has 0 bridgehead atoms. The Labute approximate surface area is 208 Å². The van der Waals surface area contributed by atoms with Crippen LogP contribution in [0.1, 0.15) is 18.2 Å². The molecule has 1 fully saturated rings. The summed E-state index contributed by atoms with van der Waals surface area (Å²) in [5.41, 5.74) is 3.48. The molecule has 5 rings (SSSR count). The van der Waals surface area contributed by atoms with Crippen molar-refractivity contribution in [2.24, 2.45) is 0 Å². The van der Waals surface area contributed by atoms with E-state index in [1.165, 1.54) is 0 Å². The van der Waals surface area contributed by atoms with Gasteiger partial charge in [0.15, 0.2) is 0 Å². The minimum absolute atomic E-state index is 0.198. The second-order valence-corrected chi connectivity index (χ2v) is 8.14. The Hall–Kier alpha value is -4.89. The Balaban J connectivity index is 1.30. The third-order valence-electron chi connectivity index (χ3n) is 5.93. The van der Waals surface area contributed by atoms with Crippen molar-refractivity contribution in [3.63, 3.8) is 0 Å². The molecular formula is C27H23N7O2. The molecule has 178 valence electrons. The number of carbonyl (C=O) groups is 1. The number of hydrogen-bond donors (Lipinski definition) is 0. The molecule has 5 heterocycles. The first-order chi connectivity index (χ1) is 17.7. The van der Waals surface area contributed by atoms with E-state index in [1.54, 1.807) is 40.3 Å². The number of piperazine rings is 1. The van der Waals surface area contributed by atoms with Crippen molar-refractivity contribution >= 4 is 17.2 Å². The van der Waals surface area contributed by atoms with Gasteiger partial charge in [0.1, 0.15) is 23.3 Å². The number of hydrogen-bond acceptors (Lipinski definition) is 7. The molecule has 0 N–H and O–H groups in total. The van der Waals surface area contributed by atoms with E-state index in [2.05, 4.69) is 37.9 Å². The highest BCUT2D eigenvalue weighted by atomic mass is 16.5. The summed E-state index contributed by atoms with van der Waals surface area (Å²) in [6, 6.07) is 13.5. The minimum Gasteiger partial charge on any atom is -0.492 e. The summed E-state index contributed by atoms with van der Waals surface area (Å²) in [6.07, 6.45) is 6.77. The lowest BCUT2D eigenvalue weighted by Gasteiger charge is -2.34. The van der Waals surface area contributed by atoms with Gasteiger partial charge in [0.05, 0.1) is 30.1 Å². The van der Waals surface area contributed by atoms with E-state index in [-0.39, 0.29) is 5.91 Å². The molecule has 1 aliphatic rings. The lowest BCUT2D eigenvalue weighted by atomic mass is 10.1. The van der Waals surface area contributed by atoms with Crippen LogP contribution in [-0.2, 0) is 4.79 Å². The van der Waals surface area contributed by atoms with Gasteiger partial charge in [0, 0.05) is 55.6 Å². The van der Waals surface area contributed by atoms with Crippen molar-refractivity contribution in [1.82, 2.24) is 24.5 Å². The molecule has 9 heteroatoms. The summed E-state index contributed by atoms with van der Waals surface area (Å²) >= 11 is 0. The van der Waals surface area contributed by atoms with Gasteiger partial charge in [-0.05, 0) is 43.2 Å². The Morgan fingerprint density at radius 1 is 1.11 bits per heavy atom. The fourth-order valence-corrected chi connectivity index (χ4v) is 4.15. The lowest BCUT2D eigenvalue weighted by Crippen LogP contribution is -2.48. The third-order valence-corrected chi connectivity index (χ3v) is 5.93. The maximum absolute atomic E-state index is 12.5. The van der Waals surface area contributed by atoms with E-state index in [0.29, 0.717) is 49.8 Å². The zero-order valence-corrected chi connectivity index (χ0v) is 19.8. The number of nitriles is 1. The average Bonchev–Trinajstić information content (AvgIpc) is 3.35. The number of pyridine rings is 3. The molecule has 4 aromatic heterocycles. The number of nitrogens with zero attached hydrogens (tertiary/aromatic N) is 7. The summed E-state index contributed by atoms with van der Waals surface area (Å²) in [4.78, 5) is 25.2. The molecule has 1 amide bonds. The number of carbonyl (C=O) groups excluding carboxylic acids is 1. The third kappa shape index (κ3) is 4.68. The van der Waals surface area contributed by atoms with Crippen LogP contribution >= 0.6 is 0 Å². The monoisotopic (exact) mass is 477 g/mol. The van der Waals surface area contributed by atoms with Crippen LogP contribution in [0.2, 0.25) is 0 Å². The van der Waals surface area contributed by atoms with Gasteiger partial charge in [-0.15, -0.1) is 0 Å². The van der Waals surface area contributed by atoms with Crippen molar-refractivity contribution in [3.05, 3.63) is 72.4 Å². The number of aromatic nitrogens is 4. The molecule has 0 unspecified atom stereocenters. The van der Waals surface area contributed by atoms with Crippen molar-refractivity contribution in [1.29, 1.82) is 5.26 Å². The summed E-state index contributed by atoms with van der Waals surface area (Å²) in [6.45, 7) is 4.90. The van der Waals surface area contributed by atoms with Crippen molar-refractivity contribution in [3.8, 4) is 34.8 Å². The molecule has 1 aliphatic heterocycles. The molecule has 0 radical (unpaired) electrons. The van der Waals surface area contributed by atoms with E-state index in [1.807, 2.05) is 37.3 Å². The lowest BCUT2D eigenvalue weighted by molar-refractivity contribution is -0.125. The molecule has 9 nitrogen and oxygen atoms in total. The van der Waals surface area contributed by atoms with Gasteiger partial charge in [-0.3, -0.25) is 4.79 Å². The summed E-state index contributed by atoms with van der Waals surface area (Å²) in [5, 5.41) is 13.8. The number of fused-ring (bicyclic) bond motifs is 1. The average molecular weight is 478 g/mol. The zero-order chi connectivity index (χ0) is 24.9. The minimum atomic E-state index is -0.198. The van der Waals surface area contributed by atoms with Crippen molar-refractivity contribution < 1.29 is 9.53 Å². The molecule has 0 aliphatic carbocycles. The van der Waals surface area contributed by atoms with Crippen LogP contribution in [0.3, 0.4) is 0 Å². The first-order valence-corrected chi connectivity index (χ1v) is 11.6. The van der Waals surface area contributed by atoms with Gasteiger partial charge in [0.25, 0.3) is 5.91 Å². The van der Waals surface area contributed by atoms with Gasteiger partial charge in [-0.25, -0.2) is 14.5 Å². The number of rotatable bonds is 4. The SMILES string of the molecule is CCOc1cc(-c2ccc(N3CCN(C(=O)C#Cc4ccccn4)CC3)nc2)c2c(C#N)cnn2c1. The predicted molar refractivity (Wildman–Crippen MR) is 134 cm³/mol. The largest absolute Gasteiger partial charge is 0.492 e. The second-order valence-electron chi connectivity index (χ2n) is 8.14. The highest BCUT2D eigenvalue weighted by Crippen LogP contribution is 2.31. The van der Waals surface area contributed by atoms with Crippen molar-refractivity contribution in [2.45, 2.75) is 6.92 Å². The summed E-state index contributed by atoms with van der Waals surface area (Å²) < 4.78 is 7.36. The Morgan fingerprint density at radius 2 is 1.97 bits per heavy atom. The normalized spacial score (nSPS) is 13.1. The summed E-state index contributed by atoms with van der Waals surface area (Å²) in [7, 11) is 0. The fourth-order valence-electron chi connectivity index (χ4n) is 4.15. The molecular weight excluding hydrogens is 454 g/mol. The van der Waals surface area contributed by atoms with Crippen LogP contribution < -0.4 is 9.64 Å². The second kappa shape index (κ2) is 10.2. The van der Waals surface area contributed by atoms with Gasteiger partial charge >= 0.3 is 0 Å². The predicted octanol–water partition coefficient (Wildman–Crippen LogP) is 2.76. The number of anilines is 1. The van der Waals surface area contributed by atoms with Gasteiger partial charge < -0.3 is 14.5 Å². The van der Waals surface area contributed by atoms with E-state index < -0.39 is 0 Å². The topological polar surface area (TPSA) is 99.6 Å². The van der Waals surface area contributed by atoms with E-state index in [9.17, 15) is 10.1 Å². The fraction of sp³-hybridized carbons (Fsp3) is 0.222. The Morgan fingerprint density at radius 3 is 2.67 bits per heavy atom. The maximum Gasteiger partial charge on any atom is 0.299 e. The highest BCUT2D eigenvalue weighted by Gasteiger charge is 2.21. The first kappa shape index (κ1) is 22.9. The highest BCUT2D eigenvalue weighted by molar-refractivity contribution is 5.94. The molecule has 1 saturated heterocycles. The van der Waals surface area contributed by atoms with Crippen LogP contribution in [0.15, 0.2) is 61.2 Å². The Bertz CT molecular complexity index is 1490. The molecule has 0 saturated carbocycles.